The van der Waals surface area contributed by atoms with Crippen LogP contribution in [0.25, 0.3) is 0 Å². The first-order valence-corrected chi connectivity index (χ1v) is 11.8. The Morgan fingerprint density at radius 3 is 2.62 bits per heavy atom. The lowest BCUT2D eigenvalue weighted by Gasteiger charge is -2.18. The number of rotatable bonds is 4. The average molecular weight is 524 g/mol. The van der Waals surface area contributed by atoms with Crippen LogP contribution in [0.3, 0.4) is 0 Å². The van der Waals surface area contributed by atoms with E-state index in [-0.39, 0.29) is 17.6 Å². The number of halogens is 1. The zero-order valence-corrected chi connectivity index (χ0v) is 20.0. The Balaban J connectivity index is 1.36. The van der Waals surface area contributed by atoms with E-state index in [0.717, 1.165) is 12.0 Å². The van der Waals surface area contributed by atoms with Crippen molar-refractivity contribution in [2.45, 2.75) is 26.2 Å². The molecule has 0 unspecified atom stereocenters. The van der Waals surface area contributed by atoms with Gasteiger partial charge in [0.05, 0.1) is 11.3 Å². The number of anilines is 1. The van der Waals surface area contributed by atoms with Gasteiger partial charge in [0.25, 0.3) is 11.8 Å². The van der Waals surface area contributed by atoms with E-state index < -0.39 is 0 Å². The minimum atomic E-state index is -0.361. The van der Waals surface area contributed by atoms with Crippen molar-refractivity contribution in [2.75, 3.05) is 18.5 Å². The predicted molar refractivity (Wildman–Crippen MR) is 130 cm³/mol. The van der Waals surface area contributed by atoms with E-state index in [4.69, 9.17) is 13.9 Å². The quantitative estimate of drug-likeness (QED) is 0.476. The molecule has 0 atom stereocenters. The highest BCUT2D eigenvalue weighted by Crippen LogP contribution is 2.34. The van der Waals surface area contributed by atoms with Crippen LogP contribution in [-0.4, -0.2) is 30.7 Å². The largest absolute Gasteiger partial charge is 0.486 e. The van der Waals surface area contributed by atoms with Gasteiger partial charge in [-0.25, -0.2) is 5.43 Å². The van der Waals surface area contributed by atoms with Crippen molar-refractivity contribution in [3.05, 3.63) is 75.1 Å². The van der Waals surface area contributed by atoms with Gasteiger partial charge in [0.1, 0.15) is 19.0 Å². The van der Waals surface area contributed by atoms with E-state index in [9.17, 15) is 9.59 Å². The zero-order chi connectivity index (χ0) is 23.7. The summed E-state index contributed by atoms with van der Waals surface area (Å²) in [6.07, 6.45) is 2.18. The van der Waals surface area contributed by atoms with Gasteiger partial charge in [0.15, 0.2) is 17.3 Å². The number of furan rings is 1. The molecule has 2 N–H and O–H groups in total. The lowest BCUT2D eigenvalue weighted by molar-refractivity contribution is 0.0952. The molecule has 0 fully saturated rings. The van der Waals surface area contributed by atoms with Crippen LogP contribution in [0.2, 0.25) is 0 Å². The fourth-order valence-electron chi connectivity index (χ4n) is 4.13. The predicted octanol–water partition coefficient (Wildman–Crippen LogP) is 4.84. The third kappa shape index (κ3) is 4.31. The Kier molecular flexibility index (Phi) is 6.10. The summed E-state index contributed by atoms with van der Waals surface area (Å²) >= 11 is 3.38. The lowest BCUT2D eigenvalue weighted by Crippen LogP contribution is -2.22. The highest BCUT2D eigenvalue weighted by molar-refractivity contribution is 9.10. The molecule has 1 aliphatic carbocycles. The molecular formula is C25H22BrN3O5. The molecule has 8 nitrogen and oxygen atoms in total. The molecule has 2 aromatic carbocycles. The number of nitrogens with one attached hydrogen (secondary N) is 2. The van der Waals surface area contributed by atoms with E-state index in [1.54, 1.807) is 36.4 Å². The maximum absolute atomic E-state index is 13.0. The van der Waals surface area contributed by atoms with Crippen molar-refractivity contribution in [1.82, 2.24) is 5.43 Å². The minimum absolute atomic E-state index is 0.228. The van der Waals surface area contributed by atoms with Crippen molar-refractivity contribution < 1.29 is 23.5 Å². The normalized spacial score (nSPS) is 15.5. The van der Waals surface area contributed by atoms with Crippen LogP contribution >= 0.6 is 15.9 Å². The Morgan fingerprint density at radius 2 is 1.79 bits per heavy atom. The molecule has 1 aliphatic heterocycles. The molecule has 0 saturated carbocycles. The van der Waals surface area contributed by atoms with Crippen LogP contribution in [0.5, 0.6) is 11.5 Å². The number of nitrogens with zero attached hydrogens (tertiary/aromatic N) is 1. The molecule has 3 aromatic rings. The first kappa shape index (κ1) is 22.2. The molecule has 5 rings (SSSR count). The van der Waals surface area contributed by atoms with Gasteiger partial charge in [-0.3, -0.25) is 9.59 Å². The number of hydrogen-bond acceptors (Lipinski definition) is 6. The van der Waals surface area contributed by atoms with Crippen LogP contribution in [0.15, 0.2) is 56.5 Å². The van der Waals surface area contributed by atoms with Crippen LogP contribution in [-0.2, 0) is 6.42 Å². The minimum Gasteiger partial charge on any atom is -0.486 e. The number of hydrogen-bond donors (Lipinski definition) is 2. The van der Waals surface area contributed by atoms with Crippen LogP contribution in [0.1, 0.15) is 50.6 Å². The van der Waals surface area contributed by atoms with Gasteiger partial charge in [-0.1, -0.05) is 12.1 Å². The first-order chi connectivity index (χ1) is 16.5. The standard InChI is InChI=1S/C25H22BrN3O5/c1-14-22-18(28-29-24(30)16-5-2-3-6-17(16)26)7-4-8-20(22)34-23(14)25(31)27-15-9-10-19-21(13-15)33-12-11-32-19/h2-3,5-6,9-10,13H,4,7-8,11-12H2,1H3,(H,27,31)(H,29,30)/b28-18+. The van der Waals surface area contributed by atoms with Gasteiger partial charge in [-0.2, -0.15) is 5.10 Å². The highest BCUT2D eigenvalue weighted by Gasteiger charge is 2.28. The smallest absolute Gasteiger partial charge is 0.291 e. The van der Waals surface area contributed by atoms with E-state index in [1.165, 1.54) is 0 Å². The summed E-state index contributed by atoms with van der Waals surface area (Å²) in [6, 6.07) is 12.4. The molecule has 1 aromatic heterocycles. The molecular weight excluding hydrogens is 502 g/mol. The van der Waals surface area contributed by atoms with Crippen LogP contribution < -0.4 is 20.2 Å². The Labute approximate surface area is 204 Å². The maximum atomic E-state index is 13.0. The number of aryl methyl sites for hydroxylation is 1. The third-order valence-electron chi connectivity index (χ3n) is 5.74. The average Bonchev–Trinajstić information content (AvgIpc) is 3.20. The van der Waals surface area contributed by atoms with Crippen LogP contribution in [0, 0.1) is 6.92 Å². The van der Waals surface area contributed by atoms with Gasteiger partial charge in [0, 0.05) is 33.8 Å². The number of hydrazone groups is 1. The summed E-state index contributed by atoms with van der Waals surface area (Å²) in [4.78, 5) is 25.6. The first-order valence-electron chi connectivity index (χ1n) is 11.0. The SMILES string of the molecule is Cc1c(C(=O)Nc2ccc3c(c2)OCCO3)oc2c1/C(=N/NC(=O)c1ccccc1Br)CCC2. The fourth-order valence-corrected chi connectivity index (χ4v) is 4.59. The van der Waals surface area contributed by atoms with Gasteiger partial charge in [0.2, 0.25) is 0 Å². The molecule has 2 amide bonds. The second-order valence-corrected chi connectivity index (χ2v) is 8.85. The molecule has 174 valence electrons. The number of ether oxygens (including phenoxy) is 2. The Hall–Kier alpha value is -3.59. The summed E-state index contributed by atoms with van der Waals surface area (Å²) in [5.74, 6) is 1.50. The number of carbonyl (C=O) groups is 2. The number of amides is 2. The maximum Gasteiger partial charge on any atom is 0.291 e. The summed E-state index contributed by atoms with van der Waals surface area (Å²) in [5.41, 5.74) is 5.88. The van der Waals surface area contributed by atoms with Gasteiger partial charge < -0.3 is 19.2 Å². The van der Waals surface area contributed by atoms with Crippen molar-refractivity contribution >= 4 is 39.1 Å². The monoisotopic (exact) mass is 523 g/mol. The summed E-state index contributed by atoms with van der Waals surface area (Å²) in [7, 11) is 0. The summed E-state index contributed by atoms with van der Waals surface area (Å²) < 4.78 is 17.8. The fraction of sp³-hybridized carbons (Fsp3) is 0.240. The van der Waals surface area contributed by atoms with Gasteiger partial charge >= 0.3 is 0 Å². The lowest BCUT2D eigenvalue weighted by atomic mass is 9.93. The number of benzene rings is 2. The van der Waals surface area contributed by atoms with Gasteiger partial charge in [-0.05, 0) is 60.0 Å². The summed E-state index contributed by atoms with van der Waals surface area (Å²) in [6.45, 7) is 2.80. The second-order valence-electron chi connectivity index (χ2n) is 8.00. The molecule has 0 spiro atoms. The molecule has 2 aliphatic rings. The number of fused-ring (bicyclic) bond motifs is 2. The van der Waals surface area contributed by atoms with Crippen molar-refractivity contribution in [3.63, 3.8) is 0 Å². The molecule has 0 bridgehead atoms. The Morgan fingerprint density at radius 1 is 1.00 bits per heavy atom. The van der Waals surface area contributed by atoms with E-state index in [1.807, 2.05) is 13.0 Å². The van der Waals surface area contributed by atoms with Crippen molar-refractivity contribution in [1.29, 1.82) is 0 Å². The van der Waals surface area contributed by atoms with E-state index in [0.29, 0.717) is 70.3 Å². The molecule has 2 heterocycles. The van der Waals surface area contributed by atoms with E-state index >= 15 is 0 Å². The molecule has 0 radical (unpaired) electrons. The topological polar surface area (TPSA) is 102 Å². The molecule has 9 heteroatoms. The summed E-state index contributed by atoms with van der Waals surface area (Å²) in [5, 5.41) is 7.25. The zero-order valence-electron chi connectivity index (χ0n) is 18.4. The number of carbonyl (C=O) groups excluding carboxylic acids is 2. The highest BCUT2D eigenvalue weighted by atomic mass is 79.9. The second kappa shape index (κ2) is 9.34. The Bertz CT molecular complexity index is 1310. The van der Waals surface area contributed by atoms with E-state index in [2.05, 4.69) is 31.8 Å². The molecule has 34 heavy (non-hydrogen) atoms. The third-order valence-corrected chi connectivity index (χ3v) is 6.43. The molecule has 0 saturated heterocycles. The van der Waals surface area contributed by atoms with Gasteiger partial charge in [-0.15, -0.1) is 0 Å². The van der Waals surface area contributed by atoms with Crippen molar-refractivity contribution in [3.8, 4) is 11.5 Å². The van der Waals surface area contributed by atoms with Crippen LogP contribution in [0.4, 0.5) is 5.69 Å². The van der Waals surface area contributed by atoms with Crippen molar-refractivity contribution in [2.24, 2.45) is 5.10 Å².